The Hall–Kier alpha value is 0.200. The third-order valence-corrected chi connectivity index (χ3v) is 4.23. The van der Waals surface area contributed by atoms with Crippen molar-refractivity contribution in [3.05, 3.63) is 0 Å². The van der Waals surface area contributed by atoms with Gasteiger partial charge < -0.3 is 0 Å². The van der Waals surface area contributed by atoms with Gasteiger partial charge in [0.05, 0.1) is 6.26 Å². The molecule has 84 valence electrons. The van der Waals surface area contributed by atoms with E-state index >= 15 is 0 Å². The number of alkyl halides is 1. The molecule has 0 saturated carbocycles. The Labute approximate surface area is 91.5 Å². The maximum Gasteiger partial charge on any atom is 0.211 e. The summed E-state index contributed by atoms with van der Waals surface area (Å²) in [5.41, 5.74) is 0. The molecule has 1 aliphatic rings. The topological polar surface area (TPSA) is 37.4 Å². The van der Waals surface area contributed by atoms with Gasteiger partial charge in [-0.15, -0.1) is 11.6 Å². The molecule has 0 spiro atoms. The number of rotatable bonds is 4. The van der Waals surface area contributed by atoms with Crippen LogP contribution in [0.3, 0.4) is 0 Å². The summed E-state index contributed by atoms with van der Waals surface area (Å²) in [6.07, 6.45) is 5.46. The molecule has 1 unspecified atom stereocenters. The Kier molecular flexibility index (Phi) is 4.67. The van der Waals surface area contributed by atoms with E-state index in [0.29, 0.717) is 24.9 Å². The van der Waals surface area contributed by atoms with E-state index in [4.69, 9.17) is 11.6 Å². The average molecular weight is 240 g/mol. The maximum atomic E-state index is 11.3. The minimum absolute atomic E-state index is 0.511. The van der Waals surface area contributed by atoms with Gasteiger partial charge in [0.15, 0.2) is 0 Å². The highest BCUT2D eigenvalue weighted by Gasteiger charge is 2.25. The third kappa shape index (κ3) is 3.75. The van der Waals surface area contributed by atoms with Gasteiger partial charge in [-0.05, 0) is 31.6 Å². The molecular weight excluding hydrogens is 222 g/mol. The van der Waals surface area contributed by atoms with Gasteiger partial charge in [-0.2, -0.15) is 0 Å². The molecule has 0 aromatic carbocycles. The Morgan fingerprint density at radius 1 is 1.50 bits per heavy atom. The fourth-order valence-electron chi connectivity index (χ4n) is 1.93. The van der Waals surface area contributed by atoms with Crippen LogP contribution in [-0.4, -0.2) is 37.9 Å². The largest absolute Gasteiger partial charge is 0.213 e. The standard InChI is InChI=1S/C9H18ClNO2S/c1-14(12,13)11-7-3-5-9(8-11)4-2-6-10/h9H,2-8H2,1H3. The van der Waals surface area contributed by atoms with Crippen LogP contribution in [0.5, 0.6) is 0 Å². The second kappa shape index (κ2) is 5.33. The van der Waals surface area contributed by atoms with Crippen molar-refractivity contribution in [2.24, 2.45) is 5.92 Å². The van der Waals surface area contributed by atoms with E-state index in [0.717, 1.165) is 25.7 Å². The molecule has 1 heterocycles. The van der Waals surface area contributed by atoms with E-state index in [1.807, 2.05) is 0 Å². The molecule has 0 aromatic heterocycles. The van der Waals surface area contributed by atoms with Gasteiger partial charge in [0.1, 0.15) is 0 Å². The van der Waals surface area contributed by atoms with Crippen LogP contribution >= 0.6 is 11.6 Å². The SMILES string of the molecule is CS(=O)(=O)N1CCCC(CCCCl)C1. The quantitative estimate of drug-likeness (QED) is 0.700. The zero-order valence-corrected chi connectivity index (χ0v) is 10.1. The second-order valence-corrected chi connectivity index (χ2v) is 6.32. The normalized spacial score (nSPS) is 25.1. The summed E-state index contributed by atoms with van der Waals surface area (Å²) >= 11 is 5.62. The third-order valence-electron chi connectivity index (χ3n) is 2.70. The molecule has 1 rings (SSSR count). The summed E-state index contributed by atoms with van der Waals surface area (Å²) in [7, 11) is -2.98. The van der Waals surface area contributed by atoms with Gasteiger partial charge in [-0.25, -0.2) is 12.7 Å². The van der Waals surface area contributed by atoms with E-state index in [1.165, 1.54) is 6.26 Å². The molecule has 0 amide bonds. The number of nitrogens with zero attached hydrogens (tertiary/aromatic N) is 1. The molecule has 1 atom stereocenters. The first-order chi connectivity index (χ1) is 6.54. The van der Waals surface area contributed by atoms with Gasteiger partial charge in [-0.3, -0.25) is 0 Å². The zero-order valence-electron chi connectivity index (χ0n) is 8.58. The van der Waals surface area contributed by atoms with Crippen molar-refractivity contribution in [2.45, 2.75) is 25.7 Å². The molecule has 0 aromatic rings. The van der Waals surface area contributed by atoms with E-state index < -0.39 is 10.0 Å². The molecule has 0 N–H and O–H groups in total. The summed E-state index contributed by atoms with van der Waals surface area (Å²) in [6.45, 7) is 1.38. The molecular formula is C9H18ClNO2S. The highest BCUT2D eigenvalue weighted by Crippen LogP contribution is 2.22. The van der Waals surface area contributed by atoms with Crippen LogP contribution in [0.4, 0.5) is 0 Å². The van der Waals surface area contributed by atoms with Crippen LogP contribution < -0.4 is 0 Å². The molecule has 0 aliphatic carbocycles. The zero-order chi connectivity index (χ0) is 10.6. The number of hydrogen-bond acceptors (Lipinski definition) is 2. The van der Waals surface area contributed by atoms with Crippen molar-refractivity contribution < 1.29 is 8.42 Å². The summed E-state index contributed by atoms with van der Waals surface area (Å²) < 4.78 is 24.2. The number of hydrogen-bond donors (Lipinski definition) is 0. The van der Waals surface area contributed by atoms with Crippen LogP contribution in [-0.2, 0) is 10.0 Å². The molecule has 1 fully saturated rings. The minimum Gasteiger partial charge on any atom is -0.213 e. The smallest absolute Gasteiger partial charge is 0.211 e. The highest BCUT2D eigenvalue weighted by atomic mass is 35.5. The number of sulfonamides is 1. The predicted molar refractivity (Wildman–Crippen MR) is 59.1 cm³/mol. The first-order valence-corrected chi connectivity index (χ1v) is 7.43. The fourth-order valence-corrected chi connectivity index (χ4v) is 3.03. The van der Waals surface area contributed by atoms with Crippen molar-refractivity contribution in [2.75, 3.05) is 25.2 Å². The first kappa shape index (κ1) is 12.3. The number of halogens is 1. The lowest BCUT2D eigenvalue weighted by Crippen LogP contribution is -2.39. The lowest BCUT2D eigenvalue weighted by Gasteiger charge is -2.30. The summed E-state index contributed by atoms with van der Waals surface area (Å²) in [4.78, 5) is 0. The monoisotopic (exact) mass is 239 g/mol. The van der Waals surface area contributed by atoms with E-state index in [9.17, 15) is 8.42 Å². The lowest BCUT2D eigenvalue weighted by atomic mass is 9.95. The Bertz CT molecular complexity index is 266. The summed E-state index contributed by atoms with van der Waals surface area (Å²) in [5, 5.41) is 0. The average Bonchev–Trinajstić information content (AvgIpc) is 2.14. The summed E-state index contributed by atoms with van der Waals surface area (Å²) in [6, 6.07) is 0. The predicted octanol–water partition coefficient (Wildman–Crippen LogP) is 1.68. The van der Waals surface area contributed by atoms with Crippen LogP contribution in [0, 0.1) is 5.92 Å². The summed E-state index contributed by atoms with van der Waals surface area (Å²) in [5.74, 6) is 1.19. The molecule has 1 saturated heterocycles. The number of piperidine rings is 1. The van der Waals surface area contributed by atoms with Gasteiger partial charge in [-0.1, -0.05) is 0 Å². The van der Waals surface area contributed by atoms with E-state index in [2.05, 4.69) is 0 Å². The Morgan fingerprint density at radius 3 is 2.79 bits per heavy atom. The van der Waals surface area contributed by atoms with E-state index in [-0.39, 0.29) is 0 Å². The lowest BCUT2D eigenvalue weighted by molar-refractivity contribution is 0.256. The van der Waals surface area contributed by atoms with Crippen molar-refractivity contribution >= 4 is 21.6 Å². The van der Waals surface area contributed by atoms with Crippen molar-refractivity contribution in [3.63, 3.8) is 0 Å². The van der Waals surface area contributed by atoms with Crippen molar-refractivity contribution in [3.8, 4) is 0 Å². The van der Waals surface area contributed by atoms with E-state index in [1.54, 1.807) is 4.31 Å². The maximum absolute atomic E-state index is 11.3. The Balaban J connectivity index is 2.44. The van der Waals surface area contributed by atoms with Gasteiger partial charge in [0.2, 0.25) is 10.0 Å². The van der Waals surface area contributed by atoms with Gasteiger partial charge >= 0.3 is 0 Å². The second-order valence-electron chi connectivity index (χ2n) is 3.96. The van der Waals surface area contributed by atoms with Crippen LogP contribution in [0.1, 0.15) is 25.7 Å². The van der Waals surface area contributed by atoms with Crippen LogP contribution in [0.15, 0.2) is 0 Å². The first-order valence-electron chi connectivity index (χ1n) is 5.05. The fraction of sp³-hybridized carbons (Fsp3) is 1.00. The molecule has 3 nitrogen and oxygen atoms in total. The van der Waals surface area contributed by atoms with Crippen LogP contribution in [0.25, 0.3) is 0 Å². The van der Waals surface area contributed by atoms with Gasteiger partial charge in [0, 0.05) is 19.0 Å². The molecule has 1 aliphatic heterocycles. The minimum atomic E-state index is -2.98. The highest BCUT2D eigenvalue weighted by molar-refractivity contribution is 7.88. The molecule has 0 bridgehead atoms. The molecule has 5 heteroatoms. The van der Waals surface area contributed by atoms with Crippen LogP contribution in [0.2, 0.25) is 0 Å². The Morgan fingerprint density at radius 2 is 2.21 bits per heavy atom. The molecule has 14 heavy (non-hydrogen) atoms. The van der Waals surface area contributed by atoms with Crippen molar-refractivity contribution in [1.82, 2.24) is 4.31 Å². The van der Waals surface area contributed by atoms with Gasteiger partial charge in [0.25, 0.3) is 0 Å². The molecule has 0 radical (unpaired) electrons. The van der Waals surface area contributed by atoms with Crippen molar-refractivity contribution in [1.29, 1.82) is 0 Å².